The second kappa shape index (κ2) is 8.62. The van der Waals surface area contributed by atoms with Crippen molar-refractivity contribution in [1.82, 2.24) is 0 Å². The Hall–Kier alpha value is 0.619. The van der Waals surface area contributed by atoms with Gasteiger partial charge in [0, 0.05) is 0 Å². The van der Waals surface area contributed by atoms with Crippen molar-refractivity contribution in [2.75, 3.05) is 5.75 Å². The number of amides is 1. The minimum atomic E-state index is -0.543. The van der Waals surface area contributed by atoms with Crippen molar-refractivity contribution < 1.29 is 4.79 Å². The zero-order chi connectivity index (χ0) is 7.86. The van der Waals surface area contributed by atoms with Crippen LogP contribution in [0.2, 0.25) is 14.8 Å². The van der Waals surface area contributed by atoms with Gasteiger partial charge >= 0.3 is 34.6 Å². The molecule has 0 heterocycles. The van der Waals surface area contributed by atoms with Crippen molar-refractivity contribution >= 4 is 38.3 Å². The van der Waals surface area contributed by atoms with Crippen LogP contribution in [-0.4, -0.2) is 31.4 Å². The van der Waals surface area contributed by atoms with Crippen LogP contribution in [0.1, 0.15) is 0 Å². The zero-order valence-electron chi connectivity index (χ0n) is 6.10. The molecular formula is C5H13NOSSn. The Balaban J connectivity index is 0. The first-order valence-electron chi connectivity index (χ1n) is 2.64. The molecule has 0 radical (unpaired) electrons. The van der Waals surface area contributed by atoms with Gasteiger partial charge < -0.3 is 18.4 Å². The van der Waals surface area contributed by atoms with Gasteiger partial charge in [0.05, 0.1) is 0 Å². The van der Waals surface area contributed by atoms with Crippen LogP contribution in [0, 0.1) is 0 Å². The van der Waals surface area contributed by atoms with Gasteiger partial charge in [0.2, 0.25) is 0 Å². The summed E-state index contributed by atoms with van der Waals surface area (Å²) in [4.78, 5) is 16.6. The summed E-state index contributed by atoms with van der Waals surface area (Å²) in [6, 6.07) is 0. The minimum absolute atomic E-state index is 0.0278. The van der Waals surface area contributed by atoms with Gasteiger partial charge in [-0.25, -0.2) is 0 Å². The average molecular weight is 254 g/mol. The molecule has 0 aliphatic heterocycles. The van der Waals surface area contributed by atoms with Crippen molar-refractivity contribution in [1.29, 1.82) is 0 Å². The molecule has 0 unspecified atom stereocenters. The van der Waals surface area contributed by atoms with Crippen LogP contribution >= 0.6 is 0 Å². The van der Waals surface area contributed by atoms with Gasteiger partial charge in [-0.15, -0.1) is 0 Å². The van der Waals surface area contributed by atoms with Crippen LogP contribution in [-0.2, 0) is 17.4 Å². The van der Waals surface area contributed by atoms with Crippen molar-refractivity contribution in [2.45, 2.75) is 14.8 Å². The topological polar surface area (TPSA) is 43.1 Å². The Morgan fingerprint density at radius 3 is 1.67 bits per heavy atom. The van der Waals surface area contributed by atoms with Crippen LogP contribution in [0.25, 0.3) is 0 Å². The van der Waals surface area contributed by atoms with E-state index in [2.05, 4.69) is 33.2 Å². The summed E-state index contributed by atoms with van der Waals surface area (Å²) in [6.45, 7) is 0. The van der Waals surface area contributed by atoms with Crippen molar-refractivity contribution in [3.8, 4) is 0 Å². The fourth-order valence-electron chi connectivity index (χ4n) is 0. The van der Waals surface area contributed by atoms with Gasteiger partial charge in [-0.05, 0) is 0 Å². The average Bonchev–Trinajstić information content (AvgIpc) is 1.65. The van der Waals surface area contributed by atoms with Crippen LogP contribution in [0.5, 0.6) is 0 Å². The first-order valence-corrected chi connectivity index (χ1v) is 11.8. The third kappa shape index (κ3) is 55.1. The summed E-state index contributed by atoms with van der Waals surface area (Å²) >= 11 is 3.66. The molecule has 0 aromatic heterocycles. The second-order valence-corrected chi connectivity index (χ2v) is 11.0. The van der Waals surface area contributed by atoms with Gasteiger partial charge in [0.1, 0.15) is 0 Å². The summed E-state index contributed by atoms with van der Waals surface area (Å²) in [7, 11) is 0. The monoisotopic (exact) mass is 255 g/mol. The Morgan fingerprint density at radius 2 is 1.67 bits per heavy atom. The van der Waals surface area contributed by atoms with Crippen molar-refractivity contribution in [2.24, 2.45) is 5.73 Å². The molecule has 0 saturated heterocycles. The molecule has 0 aromatic carbocycles. The molecule has 0 aromatic rings. The van der Waals surface area contributed by atoms with Gasteiger partial charge in [0.15, 0.2) is 5.91 Å². The normalized spacial score (nSPS) is 7.11. The molecule has 54 valence electrons. The van der Waals surface area contributed by atoms with E-state index >= 15 is 0 Å². The van der Waals surface area contributed by atoms with Gasteiger partial charge in [-0.2, -0.15) is 0 Å². The zero-order valence-corrected chi connectivity index (χ0v) is 9.77. The number of hydrogen-bond donors (Lipinski definition) is 1. The molecule has 2 N–H and O–H groups in total. The summed E-state index contributed by atoms with van der Waals surface area (Å²) in [5, 5.41) is 0. The Labute approximate surface area is 69.3 Å². The van der Waals surface area contributed by atoms with Crippen LogP contribution < -0.4 is 5.73 Å². The van der Waals surface area contributed by atoms with E-state index in [1.165, 1.54) is 0 Å². The molecule has 0 spiro atoms. The fourth-order valence-corrected chi connectivity index (χ4v) is 0. The molecule has 0 aliphatic carbocycles. The summed E-state index contributed by atoms with van der Waals surface area (Å²) in [5.41, 5.74) is 4.55. The van der Waals surface area contributed by atoms with Gasteiger partial charge in [-0.3, -0.25) is 4.79 Å². The Bertz CT molecular complexity index is 74.6. The first kappa shape index (κ1) is 12.3. The molecular weight excluding hydrogens is 241 g/mol. The summed E-state index contributed by atoms with van der Waals surface area (Å²) in [6.07, 6.45) is 0. The SMILES string of the molecule is NC(=O)C[S-].[CH3][Sn+]([CH3])[CH3]. The van der Waals surface area contributed by atoms with Crippen LogP contribution in [0.3, 0.4) is 0 Å². The molecule has 0 fully saturated rings. The van der Waals surface area contributed by atoms with Crippen LogP contribution in [0.15, 0.2) is 0 Å². The Morgan fingerprint density at radius 1 is 1.56 bits per heavy atom. The molecule has 0 atom stereocenters. The van der Waals surface area contributed by atoms with E-state index < -0.39 is 25.7 Å². The van der Waals surface area contributed by atoms with Gasteiger partial charge in [-0.1, -0.05) is 5.75 Å². The molecule has 1 amide bonds. The number of primary amides is 1. The molecule has 0 aliphatic rings. The van der Waals surface area contributed by atoms with Gasteiger partial charge in [0.25, 0.3) is 0 Å². The van der Waals surface area contributed by atoms with E-state index in [0.29, 0.717) is 0 Å². The predicted octanol–water partition coefficient (Wildman–Crippen LogP) is 0.389. The first-order chi connectivity index (χ1) is 4.00. The maximum absolute atomic E-state index is 9.49. The Kier molecular flexibility index (Phi) is 11.8. The van der Waals surface area contributed by atoms with E-state index in [1.807, 2.05) is 0 Å². The van der Waals surface area contributed by atoms with Crippen molar-refractivity contribution in [3.05, 3.63) is 0 Å². The number of hydrogen-bond acceptors (Lipinski definition) is 2. The molecule has 4 heteroatoms. The number of carbonyl (C=O) groups excluding carboxylic acids is 1. The third-order valence-electron chi connectivity index (χ3n) is 0.142. The van der Waals surface area contributed by atoms with E-state index in [4.69, 9.17) is 0 Å². The number of nitrogens with two attached hydrogens (primary N) is 1. The quantitative estimate of drug-likeness (QED) is 0.543. The molecule has 0 bridgehead atoms. The number of carbonyl (C=O) groups is 1. The summed E-state index contributed by atoms with van der Waals surface area (Å²) in [5.74, 6) is -0.403. The molecule has 0 rings (SSSR count). The number of rotatable bonds is 1. The molecule has 2 nitrogen and oxygen atoms in total. The van der Waals surface area contributed by atoms with Crippen molar-refractivity contribution in [3.63, 3.8) is 0 Å². The van der Waals surface area contributed by atoms with E-state index in [0.717, 1.165) is 0 Å². The second-order valence-electron chi connectivity index (χ2n) is 2.11. The molecule has 9 heavy (non-hydrogen) atoms. The molecule has 0 saturated carbocycles. The maximum atomic E-state index is 9.49. The summed E-state index contributed by atoms with van der Waals surface area (Å²) < 4.78 is 0. The van der Waals surface area contributed by atoms with E-state index in [9.17, 15) is 4.79 Å². The van der Waals surface area contributed by atoms with Crippen LogP contribution in [0.4, 0.5) is 0 Å². The van der Waals surface area contributed by atoms with E-state index in [1.54, 1.807) is 0 Å². The van der Waals surface area contributed by atoms with E-state index in [-0.39, 0.29) is 5.75 Å². The fraction of sp³-hybridized carbons (Fsp3) is 0.800. The standard InChI is InChI=1S/C2H5NOS.3CH3.Sn/c3-2(4)1-5;;;;/h5H,1H2,(H2,3,4);3*1H3;/q;;;;+1/p-1. The third-order valence-corrected chi connectivity index (χ3v) is 0.427. The predicted molar refractivity (Wildman–Crippen MR) is 44.8 cm³/mol.